The summed E-state index contributed by atoms with van der Waals surface area (Å²) in [5, 5.41) is 3.71. The summed E-state index contributed by atoms with van der Waals surface area (Å²) in [5.74, 6) is 0.741. The van der Waals surface area contributed by atoms with Gasteiger partial charge < -0.3 is 9.42 Å². The molecule has 2 rings (SSSR count). The van der Waals surface area contributed by atoms with E-state index in [0.717, 1.165) is 25.9 Å². The van der Waals surface area contributed by atoms with Crippen LogP contribution in [0.4, 0.5) is 0 Å². The number of rotatable bonds is 5. The quantitative estimate of drug-likeness (QED) is 0.895. The van der Waals surface area contributed by atoms with Crippen molar-refractivity contribution in [2.24, 2.45) is 5.92 Å². The van der Waals surface area contributed by atoms with Gasteiger partial charge in [-0.15, -0.1) is 0 Å². The van der Waals surface area contributed by atoms with Crippen LogP contribution in [0.1, 0.15) is 38.1 Å². The van der Waals surface area contributed by atoms with E-state index in [0.29, 0.717) is 30.0 Å². The molecule has 0 atom stereocenters. The molecule has 1 saturated heterocycles. The van der Waals surface area contributed by atoms with Crippen molar-refractivity contribution in [3.05, 3.63) is 11.5 Å². The number of nitrogens with zero attached hydrogens (tertiary/aromatic N) is 2. The molecule has 0 saturated carbocycles. The number of hydrogen-bond donors (Lipinski definition) is 1. The summed E-state index contributed by atoms with van der Waals surface area (Å²) >= 11 is 0. The Hall–Kier alpha value is -0.920. The van der Waals surface area contributed by atoms with Gasteiger partial charge in [-0.2, -0.15) is 0 Å². The molecule has 1 aliphatic rings. The van der Waals surface area contributed by atoms with Crippen molar-refractivity contribution in [3.8, 4) is 0 Å². The largest absolute Gasteiger partial charge is 0.360 e. The first-order valence-electron chi connectivity index (χ1n) is 7.48. The number of piperidine rings is 1. The minimum absolute atomic E-state index is 0.183. The lowest BCUT2D eigenvalue weighted by molar-refractivity contribution is 0.150. The van der Waals surface area contributed by atoms with Crippen LogP contribution in [0, 0.1) is 19.8 Å². The molecule has 1 N–H and O–H groups in total. The molecule has 120 valence electrons. The Bertz CT molecular complexity index is 553. The van der Waals surface area contributed by atoms with E-state index in [1.165, 1.54) is 0 Å². The van der Waals surface area contributed by atoms with E-state index in [2.05, 4.69) is 28.6 Å². The number of nitrogens with one attached hydrogen (secondary N) is 1. The highest BCUT2D eigenvalue weighted by Gasteiger charge is 2.26. The maximum Gasteiger partial charge on any atom is 0.245 e. The maximum atomic E-state index is 12.3. The van der Waals surface area contributed by atoms with E-state index < -0.39 is 10.0 Å². The van der Waals surface area contributed by atoms with E-state index in [-0.39, 0.29) is 4.90 Å². The Labute approximate surface area is 126 Å². The monoisotopic (exact) mass is 315 g/mol. The van der Waals surface area contributed by atoms with Crippen molar-refractivity contribution in [1.29, 1.82) is 0 Å². The number of likely N-dealkylation sites (tertiary alicyclic amines) is 1. The molecule has 0 aromatic carbocycles. The lowest BCUT2D eigenvalue weighted by Crippen LogP contribution is -2.41. The van der Waals surface area contributed by atoms with Gasteiger partial charge in [-0.05, 0) is 59.5 Å². The van der Waals surface area contributed by atoms with Crippen molar-refractivity contribution in [2.45, 2.75) is 51.5 Å². The maximum absolute atomic E-state index is 12.3. The van der Waals surface area contributed by atoms with Gasteiger partial charge in [0.05, 0.1) is 0 Å². The van der Waals surface area contributed by atoms with E-state index >= 15 is 0 Å². The molecular weight excluding hydrogens is 290 g/mol. The standard InChI is InChI=1S/C14H25N3O3S/c1-10(2)17-7-5-13(6-8-17)9-15-21(18,19)14-11(3)16-20-12(14)4/h10,13,15H,5-9H2,1-4H3. The van der Waals surface area contributed by atoms with Gasteiger partial charge in [-0.3, -0.25) is 0 Å². The summed E-state index contributed by atoms with van der Waals surface area (Å²) in [5.41, 5.74) is 0.412. The van der Waals surface area contributed by atoms with Crippen molar-refractivity contribution in [1.82, 2.24) is 14.8 Å². The first-order valence-corrected chi connectivity index (χ1v) is 8.96. The lowest BCUT2D eigenvalue weighted by Gasteiger charge is -2.34. The molecule has 1 aromatic heterocycles. The van der Waals surface area contributed by atoms with Crippen LogP contribution in [0.15, 0.2) is 9.42 Å². The van der Waals surface area contributed by atoms with Gasteiger partial charge in [0.1, 0.15) is 10.6 Å². The van der Waals surface area contributed by atoms with Crippen molar-refractivity contribution < 1.29 is 12.9 Å². The fourth-order valence-electron chi connectivity index (χ4n) is 2.83. The second-order valence-corrected chi connectivity index (χ2v) is 7.78. The summed E-state index contributed by atoms with van der Waals surface area (Å²) in [6.45, 7) is 10.2. The minimum atomic E-state index is -3.53. The van der Waals surface area contributed by atoms with Gasteiger partial charge >= 0.3 is 0 Å². The Balaban J connectivity index is 1.92. The fraction of sp³-hybridized carbons (Fsp3) is 0.786. The molecule has 0 aliphatic carbocycles. The SMILES string of the molecule is Cc1noc(C)c1S(=O)(=O)NCC1CCN(C(C)C)CC1. The average molecular weight is 315 g/mol. The third-order valence-electron chi connectivity index (χ3n) is 4.18. The third kappa shape index (κ3) is 3.84. The van der Waals surface area contributed by atoms with E-state index in [1.807, 2.05) is 0 Å². The van der Waals surface area contributed by atoms with Crippen LogP contribution in [0.5, 0.6) is 0 Å². The van der Waals surface area contributed by atoms with Crippen molar-refractivity contribution in [2.75, 3.05) is 19.6 Å². The molecule has 1 aromatic rings. The van der Waals surface area contributed by atoms with Crippen LogP contribution >= 0.6 is 0 Å². The Kier molecular flexibility index (Phi) is 5.06. The van der Waals surface area contributed by atoms with E-state index in [9.17, 15) is 8.42 Å². The molecule has 2 heterocycles. The zero-order chi connectivity index (χ0) is 15.6. The summed E-state index contributed by atoms with van der Waals surface area (Å²) in [4.78, 5) is 2.61. The highest BCUT2D eigenvalue weighted by molar-refractivity contribution is 7.89. The van der Waals surface area contributed by atoms with Crippen LogP contribution in [-0.4, -0.2) is 44.2 Å². The Morgan fingerprint density at radius 1 is 1.33 bits per heavy atom. The summed E-state index contributed by atoms with van der Waals surface area (Å²) < 4.78 is 32.3. The normalized spacial score (nSPS) is 18.5. The van der Waals surface area contributed by atoms with Gasteiger partial charge in [-0.1, -0.05) is 5.16 Å². The average Bonchev–Trinajstić information content (AvgIpc) is 2.77. The Morgan fingerprint density at radius 2 is 1.95 bits per heavy atom. The smallest absolute Gasteiger partial charge is 0.245 e. The zero-order valence-corrected chi connectivity index (χ0v) is 14.0. The van der Waals surface area contributed by atoms with Gasteiger partial charge in [0.25, 0.3) is 0 Å². The fourth-order valence-corrected chi connectivity index (χ4v) is 4.27. The van der Waals surface area contributed by atoms with Crippen LogP contribution in [0.3, 0.4) is 0 Å². The lowest BCUT2D eigenvalue weighted by atomic mass is 9.96. The molecular formula is C14H25N3O3S. The number of aryl methyl sites for hydroxylation is 2. The molecule has 1 aliphatic heterocycles. The zero-order valence-electron chi connectivity index (χ0n) is 13.2. The molecule has 1 fully saturated rings. The second kappa shape index (κ2) is 6.46. The van der Waals surface area contributed by atoms with Crippen LogP contribution in [-0.2, 0) is 10.0 Å². The second-order valence-electron chi connectivity index (χ2n) is 6.08. The van der Waals surface area contributed by atoms with Gasteiger partial charge in [0.2, 0.25) is 10.0 Å². The minimum Gasteiger partial charge on any atom is -0.360 e. The predicted octanol–water partition coefficient (Wildman–Crippen LogP) is 1.69. The van der Waals surface area contributed by atoms with Gasteiger partial charge in [0.15, 0.2) is 5.76 Å². The number of sulfonamides is 1. The van der Waals surface area contributed by atoms with Crippen molar-refractivity contribution in [3.63, 3.8) is 0 Å². The van der Waals surface area contributed by atoms with Crippen LogP contribution in [0.25, 0.3) is 0 Å². The number of aromatic nitrogens is 1. The molecule has 21 heavy (non-hydrogen) atoms. The first kappa shape index (κ1) is 16.5. The topological polar surface area (TPSA) is 75.4 Å². The van der Waals surface area contributed by atoms with Crippen molar-refractivity contribution >= 4 is 10.0 Å². The van der Waals surface area contributed by atoms with Crippen LogP contribution in [0.2, 0.25) is 0 Å². The highest BCUT2D eigenvalue weighted by Crippen LogP contribution is 2.21. The predicted molar refractivity (Wildman–Crippen MR) is 80.6 cm³/mol. The third-order valence-corrected chi connectivity index (χ3v) is 5.85. The summed E-state index contributed by atoms with van der Waals surface area (Å²) in [6.07, 6.45) is 2.06. The first-order chi connectivity index (χ1) is 9.81. The molecule has 7 heteroatoms. The van der Waals surface area contributed by atoms with E-state index in [4.69, 9.17) is 4.52 Å². The Morgan fingerprint density at radius 3 is 2.43 bits per heavy atom. The molecule has 0 spiro atoms. The van der Waals surface area contributed by atoms with Gasteiger partial charge in [0, 0.05) is 12.6 Å². The summed E-state index contributed by atoms with van der Waals surface area (Å²) in [7, 11) is -3.53. The van der Waals surface area contributed by atoms with Gasteiger partial charge in [-0.25, -0.2) is 13.1 Å². The summed E-state index contributed by atoms with van der Waals surface area (Å²) in [6, 6.07) is 0.560. The highest BCUT2D eigenvalue weighted by atomic mass is 32.2. The molecule has 0 radical (unpaired) electrons. The number of hydrogen-bond acceptors (Lipinski definition) is 5. The molecule has 6 nitrogen and oxygen atoms in total. The van der Waals surface area contributed by atoms with E-state index in [1.54, 1.807) is 13.8 Å². The molecule has 0 unspecified atom stereocenters. The molecule has 0 amide bonds. The molecule has 0 bridgehead atoms. The van der Waals surface area contributed by atoms with Crippen LogP contribution < -0.4 is 4.72 Å².